The second kappa shape index (κ2) is 3.87. The van der Waals surface area contributed by atoms with E-state index >= 15 is 0 Å². The van der Waals surface area contributed by atoms with E-state index < -0.39 is 12.7 Å². The molecular weight excluding hydrogens is 225 g/mol. The highest BCUT2D eigenvalue weighted by molar-refractivity contribution is 9.10. The maximum Gasteiger partial charge on any atom is 0.115 e. The molecular formula is C8H9BrFNO. The molecule has 0 bridgehead atoms. The maximum absolute atomic E-state index is 12.2. The molecule has 1 rings (SSSR count). The third-order valence-electron chi connectivity index (χ3n) is 1.55. The fourth-order valence-electron chi connectivity index (χ4n) is 0.898. The van der Waals surface area contributed by atoms with Crippen molar-refractivity contribution in [2.45, 2.75) is 6.04 Å². The smallest absolute Gasteiger partial charge is 0.115 e. The first kappa shape index (κ1) is 9.48. The summed E-state index contributed by atoms with van der Waals surface area (Å²) in [5.41, 5.74) is 6.03. The summed E-state index contributed by atoms with van der Waals surface area (Å²) in [5, 5.41) is 9.08. The first-order valence-corrected chi connectivity index (χ1v) is 4.24. The van der Waals surface area contributed by atoms with Crippen molar-refractivity contribution in [3.63, 3.8) is 0 Å². The van der Waals surface area contributed by atoms with Gasteiger partial charge in [-0.1, -0.05) is 15.9 Å². The van der Waals surface area contributed by atoms with Crippen LogP contribution in [0.3, 0.4) is 0 Å². The standard InChI is InChI=1S/C8H9BrFNO/c9-7-2-1-5(12)3-6(7)8(11)4-10/h1-3,8,12H,4,11H2/t8-/m0/s1. The van der Waals surface area contributed by atoms with Gasteiger partial charge in [-0.2, -0.15) is 0 Å². The molecule has 4 heteroatoms. The number of aromatic hydroxyl groups is 1. The molecule has 0 aliphatic rings. The summed E-state index contributed by atoms with van der Waals surface area (Å²) in [6.07, 6.45) is 0. The van der Waals surface area contributed by atoms with Crippen molar-refractivity contribution in [3.05, 3.63) is 28.2 Å². The number of benzene rings is 1. The zero-order valence-corrected chi connectivity index (χ0v) is 7.88. The average molecular weight is 234 g/mol. The molecule has 0 fully saturated rings. The minimum atomic E-state index is -0.675. The number of hydrogen-bond donors (Lipinski definition) is 2. The van der Waals surface area contributed by atoms with Crippen LogP contribution in [0.15, 0.2) is 22.7 Å². The third-order valence-corrected chi connectivity index (χ3v) is 2.27. The second-order valence-corrected chi connectivity index (χ2v) is 3.32. The van der Waals surface area contributed by atoms with Crippen molar-refractivity contribution < 1.29 is 9.50 Å². The molecule has 0 saturated carbocycles. The highest BCUT2D eigenvalue weighted by atomic mass is 79.9. The van der Waals surface area contributed by atoms with Crippen LogP contribution in [0, 0.1) is 0 Å². The highest BCUT2D eigenvalue weighted by Crippen LogP contribution is 2.26. The minimum absolute atomic E-state index is 0.0945. The number of phenolic OH excluding ortho intramolecular Hbond substituents is 1. The number of rotatable bonds is 2. The fraction of sp³-hybridized carbons (Fsp3) is 0.250. The van der Waals surface area contributed by atoms with E-state index in [9.17, 15) is 4.39 Å². The summed E-state index contributed by atoms with van der Waals surface area (Å²) in [7, 11) is 0. The van der Waals surface area contributed by atoms with Crippen molar-refractivity contribution in [2.24, 2.45) is 5.73 Å². The Morgan fingerprint density at radius 3 is 2.83 bits per heavy atom. The molecule has 0 heterocycles. The molecule has 3 N–H and O–H groups in total. The van der Waals surface area contributed by atoms with Crippen molar-refractivity contribution in [1.29, 1.82) is 0 Å². The molecule has 66 valence electrons. The molecule has 0 aliphatic heterocycles. The normalized spacial score (nSPS) is 12.9. The number of nitrogens with two attached hydrogens (primary N) is 1. The maximum atomic E-state index is 12.2. The predicted octanol–water partition coefficient (Wildman–Crippen LogP) is 2.12. The van der Waals surface area contributed by atoms with Crippen LogP contribution in [-0.2, 0) is 0 Å². The van der Waals surface area contributed by atoms with Gasteiger partial charge in [-0.05, 0) is 23.8 Å². The van der Waals surface area contributed by atoms with Crippen LogP contribution in [0.5, 0.6) is 5.75 Å². The lowest BCUT2D eigenvalue weighted by molar-refractivity contribution is 0.433. The van der Waals surface area contributed by atoms with Crippen LogP contribution in [0.25, 0.3) is 0 Å². The molecule has 0 aromatic heterocycles. The van der Waals surface area contributed by atoms with E-state index in [-0.39, 0.29) is 5.75 Å². The van der Waals surface area contributed by atoms with Crippen molar-refractivity contribution in [2.75, 3.05) is 6.67 Å². The molecule has 0 aliphatic carbocycles. The predicted molar refractivity (Wildman–Crippen MR) is 48.7 cm³/mol. The Kier molecular flexibility index (Phi) is 3.05. The number of phenols is 1. The lowest BCUT2D eigenvalue weighted by Crippen LogP contribution is -2.12. The first-order valence-electron chi connectivity index (χ1n) is 3.45. The van der Waals surface area contributed by atoms with Crippen LogP contribution in [-0.4, -0.2) is 11.8 Å². The van der Waals surface area contributed by atoms with Gasteiger partial charge in [0.05, 0.1) is 6.04 Å². The second-order valence-electron chi connectivity index (χ2n) is 2.47. The van der Waals surface area contributed by atoms with Gasteiger partial charge in [-0.15, -0.1) is 0 Å². The van der Waals surface area contributed by atoms with E-state index in [1.165, 1.54) is 12.1 Å². The van der Waals surface area contributed by atoms with Gasteiger partial charge in [0.2, 0.25) is 0 Å². The molecule has 1 aromatic rings. The lowest BCUT2D eigenvalue weighted by Gasteiger charge is -2.09. The summed E-state index contributed by atoms with van der Waals surface area (Å²) < 4.78 is 12.9. The van der Waals surface area contributed by atoms with Gasteiger partial charge in [-0.25, -0.2) is 4.39 Å². The van der Waals surface area contributed by atoms with Crippen LogP contribution in [0.2, 0.25) is 0 Å². The number of alkyl halides is 1. The van der Waals surface area contributed by atoms with Gasteiger partial charge in [0, 0.05) is 4.47 Å². The monoisotopic (exact) mass is 233 g/mol. The van der Waals surface area contributed by atoms with Crippen LogP contribution in [0.4, 0.5) is 4.39 Å². The summed E-state index contributed by atoms with van der Waals surface area (Å²) in [4.78, 5) is 0. The van der Waals surface area contributed by atoms with Crippen molar-refractivity contribution in [1.82, 2.24) is 0 Å². The molecule has 0 unspecified atom stereocenters. The Labute approximate surface area is 78.3 Å². The number of halogens is 2. The molecule has 2 nitrogen and oxygen atoms in total. The molecule has 12 heavy (non-hydrogen) atoms. The SMILES string of the molecule is N[C@@H](CF)c1cc(O)ccc1Br. The highest BCUT2D eigenvalue weighted by Gasteiger charge is 2.09. The lowest BCUT2D eigenvalue weighted by atomic mass is 10.1. The molecule has 0 saturated heterocycles. The Hall–Kier alpha value is -0.610. The van der Waals surface area contributed by atoms with Gasteiger partial charge >= 0.3 is 0 Å². The Morgan fingerprint density at radius 2 is 2.25 bits per heavy atom. The quantitative estimate of drug-likeness (QED) is 0.823. The topological polar surface area (TPSA) is 46.2 Å². The van der Waals surface area contributed by atoms with Gasteiger partial charge < -0.3 is 10.8 Å². The van der Waals surface area contributed by atoms with E-state index in [0.29, 0.717) is 10.0 Å². The Morgan fingerprint density at radius 1 is 1.58 bits per heavy atom. The summed E-state index contributed by atoms with van der Waals surface area (Å²) in [6.45, 7) is -0.637. The summed E-state index contributed by atoms with van der Waals surface area (Å²) in [5.74, 6) is 0.0945. The minimum Gasteiger partial charge on any atom is -0.508 e. The van der Waals surface area contributed by atoms with E-state index in [0.717, 1.165) is 0 Å². The van der Waals surface area contributed by atoms with Gasteiger partial charge in [0.15, 0.2) is 0 Å². The fourth-order valence-corrected chi connectivity index (χ4v) is 1.44. The van der Waals surface area contributed by atoms with Crippen molar-refractivity contribution in [3.8, 4) is 5.75 Å². The van der Waals surface area contributed by atoms with E-state index in [2.05, 4.69) is 15.9 Å². The molecule has 0 spiro atoms. The summed E-state index contributed by atoms with van der Waals surface area (Å²) >= 11 is 3.21. The van der Waals surface area contributed by atoms with Crippen LogP contribution < -0.4 is 5.73 Å². The molecule has 1 atom stereocenters. The molecule has 1 aromatic carbocycles. The van der Waals surface area contributed by atoms with Crippen LogP contribution >= 0.6 is 15.9 Å². The summed E-state index contributed by atoms with van der Waals surface area (Å²) in [6, 6.07) is 3.93. The van der Waals surface area contributed by atoms with E-state index in [1.54, 1.807) is 6.07 Å². The average Bonchev–Trinajstić information content (AvgIpc) is 2.08. The third kappa shape index (κ3) is 1.95. The Bertz CT molecular complexity index is 280. The van der Waals surface area contributed by atoms with E-state index in [1.807, 2.05) is 0 Å². The van der Waals surface area contributed by atoms with Gasteiger partial charge in [-0.3, -0.25) is 0 Å². The molecule has 0 amide bonds. The Balaban J connectivity index is 3.04. The molecule has 0 radical (unpaired) electrons. The van der Waals surface area contributed by atoms with Gasteiger partial charge in [0.1, 0.15) is 12.4 Å². The largest absolute Gasteiger partial charge is 0.508 e. The van der Waals surface area contributed by atoms with Crippen LogP contribution in [0.1, 0.15) is 11.6 Å². The number of hydrogen-bond acceptors (Lipinski definition) is 2. The van der Waals surface area contributed by atoms with Gasteiger partial charge in [0.25, 0.3) is 0 Å². The zero-order valence-electron chi connectivity index (χ0n) is 6.30. The van der Waals surface area contributed by atoms with E-state index in [4.69, 9.17) is 10.8 Å². The first-order chi connectivity index (χ1) is 5.65. The zero-order chi connectivity index (χ0) is 9.14. The van der Waals surface area contributed by atoms with Crippen molar-refractivity contribution >= 4 is 15.9 Å².